The fourth-order valence-corrected chi connectivity index (χ4v) is 4.49. The molecule has 0 unspecified atom stereocenters. The highest BCUT2D eigenvalue weighted by molar-refractivity contribution is 4.86. The summed E-state index contributed by atoms with van der Waals surface area (Å²) in [7, 11) is 0. The second-order valence-electron chi connectivity index (χ2n) is 9.46. The third-order valence-electron chi connectivity index (χ3n) is 6.31. The zero-order valence-corrected chi connectivity index (χ0v) is 20.6. The minimum atomic E-state index is 0.573. The lowest BCUT2D eigenvalue weighted by molar-refractivity contribution is -0.704. The molecule has 0 aliphatic rings. The van der Waals surface area contributed by atoms with E-state index in [-0.39, 0.29) is 0 Å². The molecule has 2 heteroatoms. The van der Waals surface area contributed by atoms with E-state index in [0.717, 1.165) is 6.54 Å². The minimum absolute atomic E-state index is 0.573. The van der Waals surface area contributed by atoms with Gasteiger partial charge in [-0.1, -0.05) is 110 Å². The Bertz CT molecular complexity index is 475. The number of aryl methyl sites for hydroxylation is 1. The van der Waals surface area contributed by atoms with E-state index in [4.69, 9.17) is 0 Å². The van der Waals surface area contributed by atoms with Crippen molar-refractivity contribution in [1.29, 1.82) is 0 Å². The molecule has 0 atom stereocenters. The van der Waals surface area contributed by atoms with Gasteiger partial charge in [0.25, 0.3) is 5.82 Å². The van der Waals surface area contributed by atoms with Crippen LogP contribution in [0.5, 0.6) is 0 Å². The molecule has 0 aliphatic heterocycles. The summed E-state index contributed by atoms with van der Waals surface area (Å²) in [6.07, 6.45) is 30.1. The van der Waals surface area contributed by atoms with Crippen molar-refractivity contribution in [3.8, 4) is 0 Å². The number of hydrogen-bond acceptors (Lipinski definition) is 0. The summed E-state index contributed by atoms with van der Waals surface area (Å²) in [6.45, 7) is 10.3. The summed E-state index contributed by atoms with van der Waals surface area (Å²) in [5.41, 5.74) is 0. The maximum atomic E-state index is 2.48. The monoisotopic (exact) mass is 405 g/mol. The number of unbranched alkanes of at least 4 members (excludes halogenated alkanes) is 15. The molecule has 1 rings (SSSR count). The first-order valence-corrected chi connectivity index (χ1v) is 13.3. The maximum absolute atomic E-state index is 2.48. The maximum Gasteiger partial charge on any atom is 0.256 e. The molecule has 29 heavy (non-hydrogen) atoms. The predicted molar refractivity (Wildman–Crippen MR) is 129 cm³/mol. The summed E-state index contributed by atoms with van der Waals surface area (Å²) in [5, 5.41) is 0. The fourth-order valence-electron chi connectivity index (χ4n) is 4.49. The molecule has 0 saturated carbocycles. The topological polar surface area (TPSA) is 8.81 Å². The highest BCUT2D eigenvalue weighted by atomic mass is 15.2. The van der Waals surface area contributed by atoms with Crippen LogP contribution in [0.1, 0.15) is 149 Å². The van der Waals surface area contributed by atoms with Crippen molar-refractivity contribution in [2.75, 3.05) is 0 Å². The predicted octanol–water partition coefficient (Wildman–Crippen LogP) is 8.57. The Morgan fingerprint density at radius 2 is 1.10 bits per heavy atom. The van der Waals surface area contributed by atoms with Gasteiger partial charge in [-0.15, -0.1) is 0 Å². The van der Waals surface area contributed by atoms with Gasteiger partial charge in [0.05, 0.1) is 12.6 Å². The average Bonchev–Trinajstić information content (AvgIpc) is 3.11. The first-order valence-electron chi connectivity index (χ1n) is 13.3. The number of rotatable bonds is 20. The van der Waals surface area contributed by atoms with Gasteiger partial charge in [-0.25, -0.2) is 9.13 Å². The standard InChI is InChI=1S/C27H53N2/c1-5-7-8-9-10-11-12-13-14-15-16-17-18-19-20-21-22-27-28(23-6-2)24-25-29(27)26(3)4/h24-26H,5-23H2,1-4H3/q+1. The molecule has 0 bridgehead atoms. The van der Waals surface area contributed by atoms with Gasteiger partial charge in [0.15, 0.2) is 0 Å². The summed E-state index contributed by atoms with van der Waals surface area (Å²) in [4.78, 5) is 0. The van der Waals surface area contributed by atoms with E-state index in [9.17, 15) is 0 Å². The zero-order valence-electron chi connectivity index (χ0n) is 20.6. The first-order chi connectivity index (χ1) is 14.2. The van der Waals surface area contributed by atoms with Crippen LogP contribution in [0.15, 0.2) is 12.4 Å². The number of nitrogens with zero attached hydrogens (tertiary/aromatic N) is 2. The lowest BCUT2D eigenvalue weighted by Crippen LogP contribution is -2.37. The third kappa shape index (κ3) is 12.5. The van der Waals surface area contributed by atoms with E-state index in [1.54, 1.807) is 0 Å². The van der Waals surface area contributed by atoms with E-state index >= 15 is 0 Å². The van der Waals surface area contributed by atoms with E-state index in [1.165, 1.54) is 121 Å². The van der Waals surface area contributed by atoms with E-state index in [0.29, 0.717) is 6.04 Å². The number of hydrogen-bond donors (Lipinski definition) is 0. The van der Waals surface area contributed by atoms with E-state index < -0.39 is 0 Å². The van der Waals surface area contributed by atoms with Crippen molar-refractivity contribution >= 4 is 0 Å². The molecule has 0 amide bonds. The van der Waals surface area contributed by atoms with E-state index in [1.807, 2.05) is 0 Å². The molecular formula is C27H53N2+. The summed E-state index contributed by atoms with van der Waals surface area (Å²) >= 11 is 0. The molecule has 0 aliphatic carbocycles. The Morgan fingerprint density at radius 1 is 0.655 bits per heavy atom. The van der Waals surface area contributed by atoms with Crippen molar-refractivity contribution in [1.82, 2.24) is 4.57 Å². The fraction of sp³-hybridized carbons (Fsp3) is 0.889. The van der Waals surface area contributed by atoms with Crippen LogP contribution in [0, 0.1) is 0 Å². The third-order valence-corrected chi connectivity index (χ3v) is 6.31. The minimum Gasteiger partial charge on any atom is -0.234 e. The van der Waals surface area contributed by atoms with Crippen LogP contribution in [0.2, 0.25) is 0 Å². The molecule has 0 fully saturated rings. The van der Waals surface area contributed by atoms with Crippen LogP contribution in [-0.4, -0.2) is 4.57 Å². The van der Waals surface area contributed by atoms with Crippen molar-refractivity contribution in [2.24, 2.45) is 0 Å². The smallest absolute Gasteiger partial charge is 0.234 e. The summed E-state index contributed by atoms with van der Waals surface area (Å²) < 4.78 is 4.95. The van der Waals surface area contributed by atoms with Gasteiger partial charge in [-0.05, 0) is 26.7 Å². The molecule has 1 heterocycles. The molecule has 0 saturated heterocycles. The quantitative estimate of drug-likeness (QED) is 0.152. The van der Waals surface area contributed by atoms with Gasteiger partial charge < -0.3 is 0 Å². The normalized spacial score (nSPS) is 11.6. The molecule has 1 aromatic heterocycles. The lowest BCUT2D eigenvalue weighted by Gasteiger charge is -2.07. The van der Waals surface area contributed by atoms with Gasteiger partial charge in [0.1, 0.15) is 12.4 Å². The lowest BCUT2D eigenvalue weighted by atomic mass is 10.0. The average molecular weight is 406 g/mol. The van der Waals surface area contributed by atoms with Crippen LogP contribution in [0.3, 0.4) is 0 Å². The van der Waals surface area contributed by atoms with Crippen molar-refractivity contribution in [2.45, 2.75) is 156 Å². The highest BCUT2D eigenvalue weighted by Crippen LogP contribution is 2.15. The van der Waals surface area contributed by atoms with Crippen LogP contribution in [0.4, 0.5) is 0 Å². The van der Waals surface area contributed by atoms with Gasteiger partial charge in [-0.3, -0.25) is 0 Å². The van der Waals surface area contributed by atoms with E-state index in [2.05, 4.69) is 49.2 Å². The van der Waals surface area contributed by atoms with Crippen LogP contribution in [0.25, 0.3) is 0 Å². The van der Waals surface area contributed by atoms with Gasteiger partial charge in [0.2, 0.25) is 0 Å². The van der Waals surface area contributed by atoms with Crippen LogP contribution < -0.4 is 4.57 Å². The van der Waals surface area contributed by atoms with Crippen molar-refractivity contribution in [3.05, 3.63) is 18.2 Å². The van der Waals surface area contributed by atoms with Crippen LogP contribution in [-0.2, 0) is 13.0 Å². The molecular weight excluding hydrogens is 352 g/mol. The molecule has 1 aromatic rings. The Hall–Kier alpha value is -0.790. The second kappa shape index (κ2) is 18.0. The molecule has 0 spiro atoms. The Labute approximate surface area is 183 Å². The second-order valence-corrected chi connectivity index (χ2v) is 9.46. The zero-order chi connectivity index (χ0) is 21.2. The Balaban J connectivity index is 1.95. The first kappa shape index (κ1) is 26.2. The highest BCUT2D eigenvalue weighted by Gasteiger charge is 2.18. The number of imidazole rings is 1. The van der Waals surface area contributed by atoms with Gasteiger partial charge in [-0.2, -0.15) is 0 Å². The summed E-state index contributed by atoms with van der Waals surface area (Å²) in [6, 6.07) is 0.573. The van der Waals surface area contributed by atoms with Crippen molar-refractivity contribution in [3.63, 3.8) is 0 Å². The van der Waals surface area contributed by atoms with Gasteiger partial charge in [0, 0.05) is 6.42 Å². The Kier molecular flexibility index (Phi) is 16.3. The largest absolute Gasteiger partial charge is 0.256 e. The SMILES string of the molecule is CCCCCCCCCCCCCCCCCCc1n(C(C)C)cc[n+]1CCC. The Morgan fingerprint density at radius 3 is 1.52 bits per heavy atom. The molecule has 0 aromatic carbocycles. The molecule has 2 nitrogen and oxygen atoms in total. The van der Waals surface area contributed by atoms with Gasteiger partial charge >= 0.3 is 0 Å². The summed E-state index contributed by atoms with van der Waals surface area (Å²) in [5.74, 6) is 1.53. The molecule has 0 N–H and O–H groups in total. The molecule has 0 radical (unpaired) electrons. The van der Waals surface area contributed by atoms with Crippen molar-refractivity contribution < 1.29 is 4.57 Å². The van der Waals surface area contributed by atoms with Crippen LogP contribution >= 0.6 is 0 Å². The number of aromatic nitrogens is 2. The molecule has 170 valence electrons.